The van der Waals surface area contributed by atoms with Crippen LogP contribution in [0.3, 0.4) is 0 Å². The Hall–Kier alpha value is -5.43. The minimum absolute atomic E-state index is 0.0615. The first-order chi connectivity index (χ1) is 24.4. The van der Waals surface area contributed by atoms with Crippen LogP contribution in [-0.2, 0) is 40.4 Å². The van der Waals surface area contributed by atoms with Gasteiger partial charge in [0, 0.05) is 25.8 Å². The van der Waals surface area contributed by atoms with Crippen molar-refractivity contribution in [3.05, 3.63) is 138 Å². The van der Waals surface area contributed by atoms with Gasteiger partial charge >= 0.3 is 5.97 Å². The first-order valence-electron chi connectivity index (χ1n) is 17.6. The van der Waals surface area contributed by atoms with Crippen molar-refractivity contribution in [3.63, 3.8) is 0 Å². The number of hydrogen-bond donors (Lipinski definition) is 2. The predicted molar refractivity (Wildman–Crippen MR) is 194 cm³/mol. The number of carbonyl (C=O) groups excluding carboxylic acids is 2. The second-order valence-electron chi connectivity index (χ2n) is 13.7. The van der Waals surface area contributed by atoms with Crippen molar-refractivity contribution in [3.8, 4) is 16.9 Å². The molecule has 0 radical (unpaired) electrons. The Morgan fingerprint density at radius 2 is 1.46 bits per heavy atom. The van der Waals surface area contributed by atoms with Crippen LogP contribution >= 0.6 is 0 Å². The second kappa shape index (κ2) is 15.0. The normalized spacial score (nSPS) is 16.5. The van der Waals surface area contributed by atoms with Gasteiger partial charge in [0.15, 0.2) is 0 Å². The van der Waals surface area contributed by atoms with Gasteiger partial charge in [-0.25, -0.2) is 4.79 Å². The molecule has 2 atom stereocenters. The molecule has 254 valence electrons. The fourth-order valence-corrected chi connectivity index (χ4v) is 7.39. The van der Waals surface area contributed by atoms with Crippen molar-refractivity contribution in [1.29, 1.82) is 0 Å². The summed E-state index contributed by atoms with van der Waals surface area (Å²) in [5.74, 6) is -0.602. The molecule has 7 nitrogen and oxygen atoms in total. The van der Waals surface area contributed by atoms with Crippen LogP contribution in [0, 0.1) is 5.92 Å². The zero-order valence-corrected chi connectivity index (χ0v) is 28.1. The summed E-state index contributed by atoms with van der Waals surface area (Å²) in [5, 5.41) is 15.3. The van der Waals surface area contributed by atoms with Crippen LogP contribution in [0.1, 0.15) is 54.4 Å². The number of hydrogen-bond acceptors (Lipinski definition) is 4. The Kier molecular flexibility index (Phi) is 9.92. The maximum atomic E-state index is 13.9. The van der Waals surface area contributed by atoms with E-state index in [4.69, 9.17) is 4.74 Å². The summed E-state index contributed by atoms with van der Waals surface area (Å²) in [5.41, 5.74) is 5.87. The number of benzene rings is 5. The highest BCUT2D eigenvalue weighted by Gasteiger charge is 2.37. The van der Waals surface area contributed by atoms with E-state index < -0.39 is 24.0 Å². The van der Waals surface area contributed by atoms with Gasteiger partial charge in [-0.05, 0) is 81.1 Å². The largest absolute Gasteiger partial charge is 0.489 e. The molecular weight excluding hydrogens is 624 g/mol. The van der Waals surface area contributed by atoms with E-state index in [1.165, 1.54) is 5.39 Å². The summed E-state index contributed by atoms with van der Waals surface area (Å²) >= 11 is 0. The van der Waals surface area contributed by atoms with Gasteiger partial charge in [-0.1, -0.05) is 110 Å². The van der Waals surface area contributed by atoms with Gasteiger partial charge in [0.2, 0.25) is 11.8 Å². The SMILES string of the molecule is O=C(O)[C@H](Cc1ccc(-c2ccccc2)cc1)NC(=O)[C@@H]1Cc2ccc(OCc3ccc4ccccc4c3)cc2CN1C(=O)CC1CCCC1. The van der Waals surface area contributed by atoms with E-state index in [9.17, 15) is 19.5 Å². The molecule has 0 aromatic heterocycles. The van der Waals surface area contributed by atoms with E-state index in [0.717, 1.165) is 64.5 Å². The highest BCUT2D eigenvalue weighted by molar-refractivity contribution is 5.91. The smallest absolute Gasteiger partial charge is 0.326 e. The van der Waals surface area contributed by atoms with Crippen molar-refractivity contribution in [1.82, 2.24) is 10.2 Å². The molecule has 5 aromatic rings. The number of carboxylic acid groups (broad SMARTS) is 1. The maximum Gasteiger partial charge on any atom is 0.326 e. The maximum absolute atomic E-state index is 13.9. The molecular formula is C43H42N2O5. The molecule has 2 amide bonds. The lowest BCUT2D eigenvalue weighted by Crippen LogP contribution is -2.56. The van der Waals surface area contributed by atoms with Crippen molar-refractivity contribution in [2.45, 2.75) is 70.2 Å². The number of nitrogens with zero attached hydrogens (tertiary/aromatic N) is 1. The third-order valence-corrected chi connectivity index (χ3v) is 10.2. The predicted octanol–water partition coefficient (Wildman–Crippen LogP) is 7.73. The first-order valence-corrected chi connectivity index (χ1v) is 17.6. The Balaban J connectivity index is 1.06. The van der Waals surface area contributed by atoms with Crippen LogP contribution in [0.5, 0.6) is 5.75 Å². The van der Waals surface area contributed by atoms with Gasteiger partial charge in [0.05, 0.1) is 0 Å². The minimum atomic E-state index is -1.14. The highest BCUT2D eigenvalue weighted by Crippen LogP contribution is 2.32. The van der Waals surface area contributed by atoms with E-state index in [-0.39, 0.29) is 18.9 Å². The van der Waals surface area contributed by atoms with Crippen LogP contribution in [0.4, 0.5) is 0 Å². The second-order valence-corrected chi connectivity index (χ2v) is 13.7. The summed E-state index contributed by atoms with van der Waals surface area (Å²) in [6, 6.07) is 36.1. The summed E-state index contributed by atoms with van der Waals surface area (Å²) in [7, 11) is 0. The summed E-state index contributed by atoms with van der Waals surface area (Å²) in [6.07, 6.45) is 5.11. The molecule has 0 saturated heterocycles. The van der Waals surface area contributed by atoms with E-state index in [1.807, 2.05) is 84.9 Å². The van der Waals surface area contributed by atoms with E-state index >= 15 is 0 Å². The van der Waals surface area contributed by atoms with Crippen molar-refractivity contribution in [2.75, 3.05) is 0 Å². The average Bonchev–Trinajstić information content (AvgIpc) is 3.66. The van der Waals surface area contributed by atoms with Crippen molar-refractivity contribution < 1.29 is 24.2 Å². The molecule has 1 aliphatic heterocycles. The van der Waals surface area contributed by atoms with Crippen LogP contribution in [0.25, 0.3) is 21.9 Å². The lowest BCUT2D eigenvalue weighted by atomic mass is 9.91. The molecule has 7 heteroatoms. The third kappa shape index (κ3) is 7.73. The Morgan fingerprint density at radius 1 is 0.760 bits per heavy atom. The highest BCUT2D eigenvalue weighted by atomic mass is 16.5. The quantitative estimate of drug-likeness (QED) is 0.150. The van der Waals surface area contributed by atoms with Crippen LogP contribution < -0.4 is 10.1 Å². The number of carbonyl (C=O) groups is 3. The fourth-order valence-electron chi connectivity index (χ4n) is 7.39. The molecule has 2 N–H and O–H groups in total. The molecule has 1 heterocycles. The molecule has 7 rings (SSSR count). The van der Waals surface area contributed by atoms with Gasteiger partial charge in [0.25, 0.3) is 0 Å². The molecule has 1 aliphatic carbocycles. The summed E-state index contributed by atoms with van der Waals surface area (Å²) < 4.78 is 6.20. The van der Waals surface area contributed by atoms with E-state index in [0.29, 0.717) is 31.1 Å². The lowest BCUT2D eigenvalue weighted by molar-refractivity contribution is -0.145. The summed E-state index contributed by atoms with van der Waals surface area (Å²) in [4.78, 5) is 41.8. The number of aliphatic carboxylic acids is 1. The summed E-state index contributed by atoms with van der Waals surface area (Å²) in [6.45, 7) is 0.676. The van der Waals surface area contributed by atoms with E-state index in [2.05, 4.69) is 35.6 Å². The number of carboxylic acids is 1. The van der Waals surface area contributed by atoms with Crippen LogP contribution in [0.15, 0.2) is 115 Å². The topological polar surface area (TPSA) is 95.9 Å². The van der Waals surface area contributed by atoms with Crippen molar-refractivity contribution >= 4 is 28.6 Å². The standard InChI is InChI=1S/C43H42N2O5/c46-41(24-29-8-4-5-9-29)45-27-37-25-38(50-28-31-16-19-33-12-6-7-13-35(33)22-31)21-20-36(37)26-40(45)42(47)44-39(43(48)49)23-30-14-17-34(18-15-30)32-10-2-1-3-11-32/h1-3,6-7,10-22,25,29,39-40H,4-5,8-9,23-24,26-28H2,(H,44,47)(H,48,49)/t39-,40-/m0/s1. The zero-order valence-electron chi connectivity index (χ0n) is 28.1. The fraction of sp³-hybridized carbons (Fsp3) is 0.279. The van der Waals surface area contributed by atoms with Crippen LogP contribution in [-0.4, -0.2) is 39.9 Å². The minimum Gasteiger partial charge on any atom is -0.489 e. The zero-order chi connectivity index (χ0) is 34.5. The number of ether oxygens (including phenoxy) is 1. The molecule has 2 aliphatic rings. The molecule has 0 bridgehead atoms. The Labute approximate surface area is 292 Å². The molecule has 1 saturated carbocycles. The average molecular weight is 667 g/mol. The molecule has 5 aromatic carbocycles. The molecule has 50 heavy (non-hydrogen) atoms. The Bertz CT molecular complexity index is 1980. The molecule has 1 fully saturated rings. The number of rotatable bonds is 11. The molecule has 0 unspecified atom stereocenters. The van der Waals surface area contributed by atoms with Gasteiger partial charge in [-0.15, -0.1) is 0 Å². The van der Waals surface area contributed by atoms with Gasteiger partial charge in [0.1, 0.15) is 24.4 Å². The first kappa shape index (κ1) is 33.1. The number of fused-ring (bicyclic) bond motifs is 2. The van der Waals surface area contributed by atoms with E-state index in [1.54, 1.807) is 4.90 Å². The van der Waals surface area contributed by atoms with Crippen LogP contribution in [0.2, 0.25) is 0 Å². The van der Waals surface area contributed by atoms with Gasteiger partial charge < -0.3 is 20.1 Å². The molecule has 0 spiro atoms. The monoisotopic (exact) mass is 666 g/mol. The Morgan fingerprint density at radius 3 is 2.22 bits per heavy atom. The van der Waals surface area contributed by atoms with Gasteiger partial charge in [-0.2, -0.15) is 0 Å². The lowest BCUT2D eigenvalue weighted by Gasteiger charge is -2.37. The number of nitrogens with one attached hydrogen (secondary N) is 1. The number of amides is 2. The van der Waals surface area contributed by atoms with Gasteiger partial charge in [-0.3, -0.25) is 9.59 Å². The van der Waals surface area contributed by atoms with Crippen molar-refractivity contribution in [2.24, 2.45) is 5.92 Å². The third-order valence-electron chi connectivity index (χ3n) is 10.2.